The number of benzene rings is 2. The first kappa shape index (κ1) is 23.7. The Hall–Kier alpha value is -2.98. The van der Waals surface area contributed by atoms with E-state index in [4.69, 9.17) is 18.9 Å². The van der Waals surface area contributed by atoms with E-state index in [-0.39, 0.29) is 30.3 Å². The van der Waals surface area contributed by atoms with E-state index in [1.165, 1.54) is 12.1 Å². The molecule has 2 aromatic rings. The van der Waals surface area contributed by atoms with E-state index in [0.717, 1.165) is 12.0 Å². The number of hydrogen-bond donors (Lipinski definition) is 2. The van der Waals surface area contributed by atoms with Gasteiger partial charge in [0.2, 0.25) is 15.9 Å². The van der Waals surface area contributed by atoms with Gasteiger partial charge in [-0.3, -0.25) is 4.79 Å². The van der Waals surface area contributed by atoms with Crippen molar-refractivity contribution in [1.82, 2.24) is 10.0 Å². The van der Waals surface area contributed by atoms with Crippen LogP contribution < -0.4 is 29.0 Å². The first-order valence-corrected chi connectivity index (χ1v) is 11.9. The van der Waals surface area contributed by atoms with E-state index in [2.05, 4.69) is 10.0 Å². The molecule has 0 bridgehead atoms. The minimum absolute atomic E-state index is 0.00204. The Morgan fingerprint density at radius 1 is 1.06 bits per heavy atom. The quantitative estimate of drug-likeness (QED) is 0.555. The van der Waals surface area contributed by atoms with Crippen molar-refractivity contribution in [3.63, 3.8) is 0 Å². The van der Waals surface area contributed by atoms with Crippen LogP contribution in [0.15, 0.2) is 41.3 Å². The Bertz CT molecular complexity index is 1040. The lowest BCUT2D eigenvalue weighted by Gasteiger charge is -2.12. The average Bonchev–Trinajstić information content (AvgIpc) is 3.03. The van der Waals surface area contributed by atoms with Gasteiger partial charge in [-0.15, -0.1) is 0 Å². The van der Waals surface area contributed by atoms with Gasteiger partial charge in [0.05, 0.1) is 31.8 Å². The highest BCUT2D eigenvalue weighted by molar-refractivity contribution is 7.89. The summed E-state index contributed by atoms with van der Waals surface area (Å²) in [6.45, 7) is 3.65. The predicted molar refractivity (Wildman–Crippen MR) is 118 cm³/mol. The molecule has 174 valence electrons. The van der Waals surface area contributed by atoms with Gasteiger partial charge >= 0.3 is 0 Å². The number of hydrogen-bond acceptors (Lipinski definition) is 7. The molecule has 0 saturated heterocycles. The molecule has 0 radical (unpaired) electrons. The number of amides is 1. The smallest absolute Gasteiger partial charge is 0.240 e. The van der Waals surface area contributed by atoms with Crippen LogP contribution in [0.5, 0.6) is 23.0 Å². The molecule has 0 saturated carbocycles. The topological polar surface area (TPSA) is 112 Å². The summed E-state index contributed by atoms with van der Waals surface area (Å²) in [5.74, 6) is 1.86. The summed E-state index contributed by atoms with van der Waals surface area (Å²) in [6.07, 6.45) is 0.728. The zero-order valence-corrected chi connectivity index (χ0v) is 19.0. The van der Waals surface area contributed by atoms with Gasteiger partial charge in [0, 0.05) is 32.0 Å². The van der Waals surface area contributed by atoms with Crippen molar-refractivity contribution in [3.8, 4) is 23.0 Å². The van der Waals surface area contributed by atoms with Crippen LogP contribution in [-0.4, -0.2) is 47.8 Å². The van der Waals surface area contributed by atoms with Gasteiger partial charge in [0.25, 0.3) is 0 Å². The zero-order valence-electron chi connectivity index (χ0n) is 18.2. The van der Waals surface area contributed by atoms with Gasteiger partial charge in [-0.05, 0) is 36.8 Å². The third kappa shape index (κ3) is 6.27. The maximum absolute atomic E-state index is 12.6. The molecule has 3 rings (SSSR count). The third-order valence-corrected chi connectivity index (χ3v) is 6.15. The highest BCUT2D eigenvalue weighted by Gasteiger charge is 2.19. The summed E-state index contributed by atoms with van der Waals surface area (Å²) in [4.78, 5) is 12.2. The Labute approximate surface area is 188 Å². The van der Waals surface area contributed by atoms with E-state index in [1.807, 2.05) is 13.0 Å². The molecule has 1 aliphatic rings. The monoisotopic (exact) mass is 464 g/mol. The van der Waals surface area contributed by atoms with Crippen molar-refractivity contribution < 1.29 is 32.2 Å². The third-order valence-electron chi connectivity index (χ3n) is 4.69. The first-order valence-electron chi connectivity index (χ1n) is 10.4. The van der Waals surface area contributed by atoms with Gasteiger partial charge in [0.15, 0.2) is 23.0 Å². The molecular formula is C22H28N2O7S. The van der Waals surface area contributed by atoms with E-state index in [9.17, 15) is 13.2 Å². The van der Waals surface area contributed by atoms with E-state index >= 15 is 0 Å². The van der Waals surface area contributed by atoms with Crippen LogP contribution in [0.4, 0.5) is 0 Å². The largest absolute Gasteiger partial charge is 0.493 e. The summed E-state index contributed by atoms with van der Waals surface area (Å²) >= 11 is 0. The van der Waals surface area contributed by atoms with Crippen LogP contribution in [0.25, 0.3) is 0 Å². The minimum Gasteiger partial charge on any atom is -0.493 e. The van der Waals surface area contributed by atoms with E-state index in [0.29, 0.717) is 42.8 Å². The molecule has 1 aliphatic heterocycles. The maximum Gasteiger partial charge on any atom is 0.240 e. The van der Waals surface area contributed by atoms with Crippen molar-refractivity contribution in [2.24, 2.45) is 0 Å². The number of rotatable bonds is 10. The van der Waals surface area contributed by atoms with Crippen molar-refractivity contribution in [3.05, 3.63) is 42.0 Å². The number of ether oxygens (including phenoxy) is 4. The molecule has 0 unspecified atom stereocenters. The molecule has 0 atom stereocenters. The average molecular weight is 465 g/mol. The van der Waals surface area contributed by atoms with E-state index < -0.39 is 10.0 Å². The molecule has 2 N–H and O–H groups in total. The highest BCUT2D eigenvalue weighted by atomic mass is 32.2. The molecular weight excluding hydrogens is 436 g/mol. The van der Waals surface area contributed by atoms with Crippen LogP contribution in [0.1, 0.15) is 25.3 Å². The molecule has 2 aromatic carbocycles. The molecule has 1 heterocycles. The lowest BCUT2D eigenvalue weighted by molar-refractivity contribution is -0.121. The van der Waals surface area contributed by atoms with Gasteiger partial charge < -0.3 is 24.3 Å². The predicted octanol–water partition coefficient (Wildman–Crippen LogP) is 2.24. The van der Waals surface area contributed by atoms with Crippen molar-refractivity contribution in [2.75, 3.05) is 33.5 Å². The van der Waals surface area contributed by atoms with Gasteiger partial charge in [-0.2, -0.15) is 0 Å². The fourth-order valence-corrected chi connectivity index (χ4v) is 4.13. The van der Waals surface area contributed by atoms with Crippen LogP contribution >= 0.6 is 0 Å². The minimum atomic E-state index is -3.78. The second kappa shape index (κ2) is 11.1. The highest BCUT2D eigenvalue weighted by Crippen LogP contribution is 2.32. The number of fused-ring (bicyclic) bond motifs is 1. The number of nitrogens with one attached hydrogen (secondary N) is 2. The SMILES string of the molecule is CCOc1ccc(CNC(=O)CCNS(=O)(=O)c2ccc3c(c2)OCCCO3)cc1OC. The molecule has 10 heteroatoms. The second-order valence-corrected chi connectivity index (χ2v) is 8.77. The Morgan fingerprint density at radius 3 is 2.59 bits per heavy atom. The normalized spacial score (nSPS) is 13.2. The van der Waals surface area contributed by atoms with Crippen molar-refractivity contribution >= 4 is 15.9 Å². The Balaban J connectivity index is 1.49. The molecule has 0 fully saturated rings. The van der Waals surface area contributed by atoms with Crippen molar-refractivity contribution in [2.45, 2.75) is 31.2 Å². The summed E-state index contributed by atoms with van der Waals surface area (Å²) in [5.41, 5.74) is 0.839. The van der Waals surface area contributed by atoms with Gasteiger partial charge in [-0.1, -0.05) is 6.07 Å². The molecule has 0 aliphatic carbocycles. The summed E-state index contributed by atoms with van der Waals surface area (Å²) < 4.78 is 49.4. The molecule has 32 heavy (non-hydrogen) atoms. The summed E-state index contributed by atoms with van der Waals surface area (Å²) in [7, 11) is -2.23. The number of carbonyl (C=O) groups excluding carboxylic acids is 1. The summed E-state index contributed by atoms with van der Waals surface area (Å²) in [6, 6.07) is 9.87. The second-order valence-electron chi connectivity index (χ2n) is 7.00. The molecule has 0 aromatic heterocycles. The van der Waals surface area contributed by atoms with Crippen LogP contribution in [-0.2, 0) is 21.4 Å². The molecule has 9 nitrogen and oxygen atoms in total. The van der Waals surface area contributed by atoms with E-state index in [1.54, 1.807) is 25.3 Å². The van der Waals surface area contributed by atoms with Gasteiger partial charge in [-0.25, -0.2) is 13.1 Å². The van der Waals surface area contributed by atoms with Gasteiger partial charge in [0.1, 0.15) is 0 Å². The lowest BCUT2D eigenvalue weighted by Crippen LogP contribution is -2.30. The number of methoxy groups -OCH3 is 1. The summed E-state index contributed by atoms with van der Waals surface area (Å²) in [5, 5.41) is 2.77. The number of sulfonamides is 1. The first-order chi connectivity index (χ1) is 15.4. The fraction of sp³-hybridized carbons (Fsp3) is 0.409. The van der Waals surface area contributed by atoms with Crippen LogP contribution in [0.3, 0.4) is 0 Å². The maximum atomic E-state index is 12.6. The van der Waals surface area contributed by atoms with Crippen molar-refractivity contribution in [1.29, 1.82) is 0 Å². The lowest BCUT2D eigenvalue weighted by atomic mass is 10.2. The Kier molecular flexibility index (Phi) is 8.18. The fourth-order valence-electron chi connectivity index (χ4n) is 3.08. The number of carbonyl (C=O) groups is 1. The standard InChI is InChI=1S/C22H28N2O7S/c1-3-29-18-7-5-16(13-20(18)28-2)15-23-22(25)9-10-24-32(26,27)17-6-8-19-21(14-17)31-12-4-11-30-19/h5-8,13-14,24H,3-4,9-12,15H2,1-2H3,(H,23,25). The van der Waals surface area contributed by atoms with Crippen LogP contribution in [0.2, 0.25) is 0 Å². The molecule has 0 spiro atoms. The Morgan fingerprint density at radius 2 is 1.84 bits per heavy atom. The molecule has 1 amide bonds. The van der Waals surface area contributed by atoms with Crippen LogP contribution in [0, 0.1) is 0 Å². The zero-order chi connectivity index (χ0) is 23.0.